The van der Waals surface area contributed by atoms with Gasteiger partial charge in [0.25, 0.3) is 11.5 Å². The van der Waals surface area contributed by atoms with Gasteiger partial charge < -0.3 is 9.32 Å². The molecule has 1 atom stereocenters. The van der Waals surface area contributed by atoms with Crippen LogP contribution in [0.15, 0.2) is 50.5 Å². The van der Waals surface area contributed by atoms with E-state index < -0.39 is 11.2 Å². The molecule has 1 saturated heterocycles. The van der Waals surface area contributed by atoms with Gasteiger partial charge in [-0.05, 0) is 30.5 Å². The Bertz CT molecular complexity index is 1230. The number of oxazole rings is 1. The summed E-state index contributed by atoms with van der Waals surface area (Å²) in [6.07, 6.45) is 3.72. The predicted molar refractivity (Wildman–Crippen MR) is 111 cm³/mol. The van der Waals surface area contributed by atoms with Gasteiger partial charge in [-0.2, -0.15) is 0 Å². The van der Waals surface area contributed by atoms with Crippen molar-refractivity contribution in [2.75, 3.05) is 13.1 Å². The van der Waals surface area contributed by atoms with Crippen molar-refractivity contribution in [1.82, 2.24) is 19.0 Å². The summed E-state index contributed by atoms with van der Waals surface area (Å²) in [7, 11) is 2.86. The van der Waals surface area contributed by atoms with E-state index in [2.05, 4.69) is 4.98 Å². The summed E-state index contributed by atoms with van der Waals surface area (Å²) in [6, 6.07) is 7.40. The first kappa shape index (κ1) is 20.8. The van der Waals surface area contributed by atoms with Crippen LogP contribution in [0.4, 0.5) is 4.39 Å². The number of hydrogen-bond acceptors (Lipinski definition) is 5. The number of aromatic nitrogens is 3. The molecular weight excluding hydrogens is 403 g/mol. The van der Waals surface area contributed by atoms with Crippen LogP contribution < -0.4 is 11.2 Å². The number of benzene rings is 1. The van der Waals surface area contributed by atoms with Crippen molar-refractivity contribution in [3.05, 3.63) is 86.1 Å². The molecular formula is C22H23FN4O4. The molecule has 0 bridgehead atoms. The zero-order valence-corrected chi connectivity index (χ0v) is 17.4. The van der Waals surface area contributed by atoms with Crippen LogP contribution in [0.2, 0.25) is 0 Å². The summed E-state index contributed by atoms with van der Waals surface area (Å²) in [6.45, 7) is 0.917. The lowest BCUT2D eigenvalue weighted by Crippen LogP contribution is -2.44. The average molecular weight is 426 g/mol. The standard InChI is InChI=1S/C22H23FN4O4/c1-25-18(11-19(28)26(2)22(25)30)21(29)27-9-3-4-15(13-27)20-24-12-17(31-20)10-14-5-7-16(23)8-6-14/h5-8,11-12,15H,3-4,9-10,13H2,1-2H3/t15-/m1/s1. The lowest BCUT2D eigenvalue weighted by molar-refractivity contribution is 0.0685. The maximum Gasteiger partial charge on any atom is 0.331 e. The molecule has 3 aromatic rings. The minimum Gasteiger partial charge on any atom is -0.445 e. The van der Waals surface area contributed by atoms with Gasteiger partial charge >= 0.3 is 5.69 Å². The molecule has 8 nitrogen and oxygen atoms in total. The maximum atomic E-state index is 13.1. The Hall–Kier alpha value is -3.49. The second-order valence-electron chi connectivity index (χ2n) is 7.83. The van der Waals surface area contributed by atoms with Crippen LogP contribution in [0.3, 0.4) is 0 Å². The topological polar surface area (TPSA) is 90.3 Å². The fourth-order valence-corrected chi connectivity index (χ4v) is 3.86. The normalized spacial score (nSPS) is 16.5. The van der Waals surface area contributed by atoms with E-state index in [0.717, 1.165) is 23.0 Å². The largest absolute Gasteiger partial charge is 0.445 e. The SMILES string of the molecule is Cn1c(C(=O)N2CCC[C@@H](c3ncc(Cc4ccc(F)cc4)o3)C2)cc(=O)n(C)c1=O. The Morgan fingerprint density at radius 3 is 2.68 bits per heavy atom. The molecule has 0 spiro atoms. The van der Waals surface area contributed by atoms with Gasteiger partial charge in [0.05, 0.1) is 12.1 Å². The van der Waals surface area contributed by atoms with Crippen LogP contribution >= 0.6 is 0 Å². The highest BCUT2D eigenvalue weighted by molar-refractivity contribution is 5.92. The number of hydrogen-bond donors (Lipinski definition) is 0. The van der Waals surface area contributed by atoms with Gasteiger partial charge in [0.2, 0.25) is 0 Å². The highest BCUT2D eigenvalue weighted by Crippen LogP contribution is 2.28. The van der Waals surface area contributed by atoms with E-state index in [-0.39, 0.29) is 23.3 Å². The molecule has 0 saturated carbocycles. The summed E-state index contributed by atoms with van der Waals surface area (Å²) >= 11 is 0. The zero-order valence-electron chi connectivity index (χ0n) is 17.4. The summed E-state index contributed by atoms with van der Waals surface area (Å²) in [5.41, 5.74) is -0.0741. The second-order valence-corrected chi connectivity index (χ2v) is 7.83. The third-order valence-corrected chi connectivity index (χ3v) is 5.67. The van der Waals surface area contributed by atoms with Gasteiger partial charge in [-0.15, -0.1) is 0 Å². The molecule has 0 aliphatic carbocycles. The molecule has 4 rings (SSSR count). The van der Waals surface area contributed by atoms with Crippen molar-refractivity contribution < 1.29 is 13.6 Å². The van der Waals surface area contributed by atoms with Gasteiger partial charge in [-0.25, -0.2) is 14.2 Å². The molecule has 31 heavy (non-hydrogen) atoms. The predicted octanol–water partition coefficient (Wildman–Crippen LogP) is 1.82. The van der Waals surface area contributed by atoms with Crippen LogP contribution in [-0.2, 0) is 20.5 Å². The van der Waals surface area contributed by atoms with Gasteiger partial charge in [-0.3, -0.25) is 18.7 Å². The number of nitrogens with zero attached hydrogens (tertiary/aromatic N) is 4. The van der Waals surface area contributed by atoms with E-state index in [1.165, 1.54) is 36.9 Å². The Morgan fingerprint density at radius 2 is 1.94 bits per heavy atom. The summed E-state index contributed by atoms with van der Waals surface area (Å²) in [5, 5.41) is 0. The number of piperidine rings is 1. The van der Waals surface area contributed by atoms with E-state index in [9.17, 15) is 18.8 Å². The van der Waals surface area contributed by atoms with Crippen LogP contribution in [0, 0.1) is 5.82 Å². The monoisotopic (exact) mass is 426 g/mol. The van der Waals surface area contributed by atoms with E-state index >= 15 is 0 Å². The highest BCUT2D eigenvalue weighted by atomic mass is 19.1. The molecule has 1 aromatic carbocycles. The number of amides is 1. The van der Waals surface area contributed by atoms with Crippen molar-refractivity contribution >= 4 is 5.91 Å². The Balaban J connectivity index is 1.50. The molecule has 1 fully saturated rings. The van der Waals surface area contributed by atoms with Crippen molar-refractivity contribution in [1.29, 1.82) is 0 Å². The summed E-state index contributed by atoms with van der Waals surface area (Å²) in [5.74, 6) is 0.484. The third kappa shape index (κ3) is 4.21. The van der Waals surface area contributed by atoms with Crippen molar-refractivity contribution in [3.8, 4) is 0 Å². The van der Waals surface area contributed by atoms with Gasteiger partial charge in [-0.1, -0.05) is 12.1 Å². The second kappa shape index (κ2) is 8.33. The molecule has 1 amide bonds. The van der Waals surface area contributed by atoms with Crippen LogP contribution in [-0.4, -0.2) is 38.0 Å². The third-order valence-electron chi connectivity index (χ3n) is 5.67. The summed E-state index contributed by atoms with van der Waals surface area (Å²) < 4.78 is 21.2. The number of carbonyl (C=O) groups is 1. The van der Waals surface area contributed by atoms with Gasteiger partial charge in [0.1, 0.15) is 17.3 Å². The summed E-state index contributed by atoms with van der Waals surface area (Å²) in [4.78, 5) is 43.2. The lowest BCUT2D eigenvalue weighted by atomic mass is 9.97. The molecule has 2 aromatic heterocycles. The Kier molecular flexibility index (Phi) is 5.58. The van der Waals surface area contributed by atoms with Gasteiger partial charge in [0, 0.05) is 39.7 Å². The fraction of sp³-hybridized carbons (Fsp3) is 0.364. The molecule has 1 aliphatic heterocycles. The van der Waals surface area contributed by atoms with Crippen LogP contribution in [0.1, 0.15) is 46.5 Å². The number of rotatable bonds is 4. The molecule has 3 heterocycles. The quantitative estimate of drug-likeness (QED) is 0.635. The first-order chi connectivity index (χ1) is 14.8. The van der Waals surface area contributed by atoms with Crippen molar-refractivity contribution in [2.45, 2.75) is 25.2 Å². The molecule has 0 N–H and O–H groups in total. The first-order valence-corrected chi connectivity index (χ1v) is 10.1. The number of halogens is 1. The van der Waals surface area contributed by atoms with Gasteiger partial charge in [0.15, 0.2) is 5.89 Å². The Labute approximate surface area is 177 Å². The van der Waals surface area contributed by atoms with E-state index in [1.807, 2.05) is 0 Å². The van der Waals surface area contributed by atoms with Crippen molar-refractivity contribution in [3.63, 3.8) is 0 Å². The molecule has 0 radical (unpaired) electrons. The fourth-order valence-electron chi connectivity index (χ4n) is 3.86. The van der Waals surface area contributed by atoms with Crippen LogP contribution in [0.25, 0.3) is 0 Å². The highest BCUT2D eigenvalue weighted by Gasteiger charge is 2.29. The minimum atomic E-state index is -0.539. The zero-order chi connectivity index (χ0) is 22.1. The maximum absolute atomic E-state index is 13.1. The first-order valence-electron chi connectivity index (χ1n) is 10.1. The van der Waals surface area contributed by atoms with Crippen molar-refractivity contribution in [2.24, 2.45) is 14.1 Å². The van der Waals surface area contributed by atoms with Crippen LogP contribution in [0.5, 0.6) is 0 Å². The smallest absolute Gasteiger partial charge is 0.331 e. The number of carbonyl (C=O) groups excluding carboxylic acids is 1. The molecule has 1 aliphatic rings. The Morgan fingerprint density at radius 1 is 1.19 bits per heavy atom. The average Bonchev–Trinajstić information content (AvgIpc) is 3.24. The molecule has 162 valence electrons. The number of likely N-dealkylation sites (tertiary alicyclic amines) is 1. The van der Waals surface area contributed by atoms with E-state index in [1.54, 1.807) is 23.2 Å². The molecule has 9 heteroatoms. The molecule has 0 unspecified atom stereocenters. The lowest BCUT2D eigenvalue weighted by Gasteiger charge is -2.31. The minimum absolute atomic E-state index is 0.0677. The van der Waals surface area contributed by atoms with E-state index in [0.29, 0.717) is 31.2 Å². The van der Waals surface area contributed by atoms with E-state index in [4.69, 9.17) is 4.42 Å².